The summed E-state index contributed by atoms with van der Waals surface area (Å²) in [7, 11) is 1.66. The third-order valence-electron chi connectivity index (χ3n) is 6.34. The van der Waals surface area contributed by atoms with Crippen LogP contribution in [0.15, 0.2) is 59.6 Å². The number of aliphatic imine (C=N–C) groups is 1. The molecule has 0 aliphatic carbocycles. The molecule has 2 amide bonds. The van der Waals surface area contributed by atoms with Crippen LogP contribution < -0.4 is 25.4 Å². The fourth-order valence-corrected chi connectivity index (χ4v) is 5.36. The molecule has 3 heterocycles. The molecule has 3 aliphatic heterocycles. The molecule has 0 bridgehead atoms. The van der Waals surface area contributed by atoms with Crippen LogP contribution >= 0.6 is 11.8 Å². The lowest BCUT2D eigenvalue weighted by Gasteiger charge is -2.36. The number of amides is 2. The van der Waals surface area contributed by atoms with E-state index in [1.165, 1.54) is 11.8 Å². The summed E-state index contributed by atoms with van der Waals surface area (Å²) in [5, 5.41) is 0.555. The Kier molecular flexibility index (Phi) is 6.70. The number of rotatable bonds is 5. The Labute approximate surface area is 203 Å². The van der Waals surface area contributed by atoms with Crippen LogP contribution in [-0.4, -0.2) is 73.6 Å². The highest BCUT2D eigenvalue weighted by atomic mass is 32.2. The smallest absolute Gasteiger partial charge is 0.241 e. The van der Waals surface area contributed by atoms with Gasteiger partial charge in [-0.15, -0.1) is 0 Å². The van der Waals surface area contributed by atoms with Crippen molar-refractivity contribution >= 4 is 40.1 Å². The number of ether oxygens (including phenoxy) is 1. The SMILES string of the molecule is COc1ccc(N2CCN(C(=O)CSC3=NC4NNCC4C(=O)N3c3ccccc3)CC2)cc1. The molecule has 9 nitrogen and oxygen atoms in total. The average Bonchev–Trinajstić information content (AvgIpc) is 3.37. The quantitative estimate of drug-likeness (QED) is 0.671. The minimum Gasteiger partial charge on any atom is -0.497 e. The van der Waals surface area contributed by atoms with Gasteiger partial charge in [0.25, 0.3) is 0 Å². The molecule has 2 fully saturated rings. The summed E-state index contributed by atoms with van der Waals surface area (Å²) in [5.74, 6) is 0.862. The maximum atomic E-state index is 13.2. The lowest BCUT2D eigenvalue weighted by atomic mass is 10.1. The fourth-order valence-electron chi connectivity index (χ4n) is 4.41. The summed E-state index contributed by atoms with van der Waals surface area (Å²) in [5.41, 5.74) is 7.99. The van der Waals surface area contributed by atoms with E-state index in [1.54, 1.807) is 12.0 Å². The third kappa shape index (κ3) is 4.61. The topological polar surface area (TPSA) is 89.5 Å². The fraction of sp³-hybridized carbons (Fsp3) is 0.375. The molecular weight excluding hydrogens is 452 g/mol. The molecule has 2 N–H and O–H groups in total. The van der Waals surface area contributed by atoms with Crippen LogP contribution in [0.25, 0.3) is 0 Å². The monoisotopic (exact) mass is 480 g/mol. The number of anilines is 2. The molecule has 0 saturated carbocycles. The van der Waals surface area contributed by atoms with Crippen molar-refractivity contribution in [1.82, 2.24) is 15.8 Å². The minimum absolute atomic E-state index is 0.00763. The number of thioether (sulfide) groups is 1. The maximum Gasteiger partial charge on any atom is 0.241 e. The summed E-state index contributed by atoms with van der Waals surface area (Å²) in [6, 6.07) is 17.5. The van der Waals surface area contributed by atoms with Gasteiger partial charge >= 0.3 is 0 Å². The molecule has 178 valence electrons. The second-order valence-electron chi connectivity index (χ2n) is 8.35. The number of para-hydroxylation sites is 1. The molecule has 0 aromatic heterocycles. The van der Waals surface area contributed by atoms with Gasteiger partial charge in [0.1, 0.15) is 11.9 Å². The molecule has 2 unspecified atom stereocenters. The first-order valence-electron chi connectivity index (χ1n) is 11.4. The normalized spacial score (nSPS) is 22.4. The van der Waals surface area contributed by atoms with E-state index in [0.29, 0.717) is 24.8 Å². The predicted octanol–water partition coefficient (Wildman–Crippen LogP) is 1.53. The van der Waals surface area contributed by atoms with E-state index < -0.39 is 0 Å². The van der Waals surface area contributed by atoms with Crippen molar-refractivity contribution < 1.29 is 14.3 Å². The number of methoxy groups -OCH3 is 1. The zero-order valence-electron chi connectivity index (χ0n) is 19.0. The lowest BCUT2D eigenvalue weighted by Crippen LogP contribution is -2.51. The van der Waals surface area contributed by atoms with Crippen molar-refractivity contribution in [2.45, 2.75) is 6.17 Å². The summed E-state index contributed by atoms with van der Waals surface area (Å²) in [6.07, 6.45) is -0.307. The number of hydrogen-bond donors (Lipinski definition) is 2. The van der Waals surface area contributed by atoms with Crippen molar-refractivity contribution in [3.8, 4) is 5.75 Å². The van der Waals surface area contributed by atoms with Crippen LogP contribution in [0.5, 0.6) is 5.75 Å². The number of fused-ring (bicyclic) bond motifs is 1. The highest BCUT2D eigenvalue weighted by molar-refractivity contribution is 8.14. The summed E-state index contributed by atoms with van der Waals surface area (Å²) < 4.78 is 5.23. The van der Waals surface area contributed by atoms with E-state index >= 15 is 0 Å². The molecule has 2 aromatic carbocycles. The van der Waals surface area contributed by atoms with Gasteiger partial charge in [0.2, 0.25) is 11.8 Å². The van der Waals surface area contributed by atoms with E-state index in [0.717, 1.165) is 30.2 Å². The third-order valence-corrected chi connectivity index (χ3v) is 7.28. The Bertz CT molecular complexity index is 1060. The molecular formula is C24H28N6O3S. The number of hydrogen-bond acceptors (Lipinski definition) is 8. The number of nitrogens with one attached hydrogen (secondary N) is 2. The molecule has 10 heteroatoms. The largest absolute Gasteiger partial charge is 0.497 e. The Hall–Kier alpha value is -3.08. The van der Waals surface area contributed by atoms with E-state index in [1.807, 2.05) is 59.5 Å². The van der Waals surface area contributed by atoms with E-state index in [4.69, 9.17) is 9.73 Å². The van der Waals surface area contributed by atoms with Gasteiger partial charge in [-0.1, -0.05) is 30.0 Å². The highest BCUT2D eigenvalue weighted by Gasteiger charge is 2.42. The first kappa shape index (κ1) is 22.7. The second-order valence-corrected chi connectivity index (χ2v) is 9.29. The van der Waals surface area contributed by atoms with Crippen LogP contribution in [0.3, 0.4) is 0 Å². The number of nitrogens with zero attached hydrogens (tertiary/aromatic N) is 4. The number of piperazine rings is 1. The Morgan fingerprint density at radius 2 is 1.79 bits per heavy atom. The van der Waals surface area contributed by atoms with Gasteiger partial charge in [-0.3, -0.25) is 19.9 Å². The van der Waals surface area contributed by atoms with Gasteiger partial charge in [-0.05, 0) is 36.4 Å². The zero-order chi connectivity index (χ0) is 23.5. The van der Waals surface area contributed by atoms with Crippen LogP contribution in [0, 0.1) is 5.92 Å². The van der Waals surface area contributed by atoms with Gasteiger partial charge in [0.15, 0.2) is 5.17 Å². The molecule has 3 aliphatic rings. The van der Waals surface area contributed by atoms with Crippen LogP contribution in [0.4, 0.5) is 11.4 Å². The number of benzene rings is 2. The van der Waals surface area contributed by atoms with Crippen LogP contribution in [0.2, 0.25) is 0 Å². The lowest BCUT2D eigenvalue weighted by molar-refractivity contribution is -0.128. The average molecular weight is 481 g/mol. The zero-order valence-corrected chi connectivity index (χ0v) is 19.8. The Morgan fingerprint density at radius 1 is 1.06 bits per heavy atom. The molecule has 5 rings (SSSR count). The van der Waals surface area contributed by atoms with Crippen LogP contribution in [-0.2, 0) is 9.59 Å². The summed E-state index contributed by atoms with van der Waals surface area (Å²) in [4.78, 5) is 36.8. The molecule has 0 radical (unpaired) electrons. The van der Waals surface area contributed by atoms with Crippen molar-refractivity contribution in [2.75, 3.05) is 55.4 Å². The van der Waals surface area contributed by atoms with Gasteiger partial charge in [-0.2, -0.15) is 0 Å². The molecule has 34 heavy (non-hydrogen) atoms. The summed E-state index contributed by atoms with van der Waals surface area (Å²) >= 11 is 1.32. The van der Waals surface area contributed by atoms with Crippen LogP contribution in [0.1, 0.15) is 0 Å². The predicted molar refractivity (Wildman–Crippen MR) is 134 cm³/mol. The van der Waals surface area contributed by atoms with Crippen molar-refractivity contribution in [3.63, 3.8) is 0 Å². The van der Waals surface area contributed by atoms with Gasteiger partial charge in [0, 0.05) is 38.4 Å². The van der Waals surface area contributed by atoms with Gasteiger partial charge in [-0.25, -0.2) is 10.4 Å². The van der Waals surface area contributed by atoms with Gasteiger partial charge < -0.3 is 14.5 Å². The molecule has 2 saturated heterocycles. The van der Waals surface area contributed by atoms with E-state index in [2.05, 4.69) is 15.8 Å². The van der Waals surface area contributed by atoms with Crippen molar-refractivity contribution in [1.29, 1.82) is 0 Å². The summed E-state index contributed by atoms with van der Waals surface area (Å²) in [6.45, 7) is 3.41. The maximum absolute atomic E-state index is 13.2. The number of amidine groups is 1. The van der Waals surface area contributed by atoms with E-state index in [9.17, 15) is 9.59 Å². The van der Waals surface area contributed by atoms with Crippen molar-refractivity contribution in [2.24, 2.45) is 10.9 Å². The number of carbonyl (C=O) groups excluding carboxylic acids is 2. The number of hydrazine groups is 1. The first-order valence-corrected chi connectivity index (χ1v) is 12.4. The molecule has 2 aromatic rings. The van der Waals surface area contributed by atoms with E-state index in [-0.39, 0.29) is 29.7 Å². The first-order chi connectivity index (χ1) is 16.6. The molecule has 2 atom stereocenters. The van der Waals surface area contributed by atoms with Gasteiger partial charge in [0.05, 0.1) is 24.5 Å². The van der Waals surface area contributed by atoms with Crippen molar-refractivity contribution in [3.05, 3.63) is 54.6 Å². The standard InChI is InChI=1S/C24H28N6O3S/c1-33-19-9-7-17(8-10-19)28-11-13-29(14-12-28)21(31)16-34-24-26-22-20(15-25-27-22)23(32)30(24)18-5-3-2-4-6-18/h2-10,20,22,25,27H,11-16H2,1H3. The second kappa shape index (κ2) is 10.0. The Balaban J connectivity index is 1.21. The minimum atomic E-state index is -0.307. The molecule has 0 spiro atoms. The number of carbonyl (C=O) groups is 2. The Morgan fingerprint density at radius 3 is 2.50 bits per heavy atom. The highest BCUT2D eigenvalue weighted by Crippen LogP contribution is 2.29.